The van der Waals surface area contributed by atoms with E-state index in [0.29, 0.717) is 18.9 Å². The topological polar surface area (TPSA) is 70.8 Å². The third-order valence-corrected chi connectivity index (χ3v) is 4.50. The Labute approximate surface area is 79.5 Å². The van der Waals surface area contributed by atoms with E-state index in [9.17, 15) is 4.79 Å². The Morgan fingerprint density at radius 2 is 2.00 bits per heavy atom. The van der Waals surface area contributed by atoms with E-state index in [1.807, 2.05) is 0 Å². The summed E-state index contributed by atoms with van der Waals surface area (Å²) in [5, 5.41) is 0. The summed E-state index contributed by atoms with van der Waals surface area (Å²) in [7, 11) is 0.453. The molecule has 13 heavy (non-hydrogen) atoms. The molecule has 78 valence electrons. The summed E-state index contributed by atoms with van der Waals surface area (Å²) in [6.45, 7) is 0.574. The van der Waals surface area contributed by atoms with Gasteiger partial charge in [-0.25, -0.2) is 0 Å². The maximum atomic E-state index is 10.1. The minimum Gasteiger partial charge on any atom is -0.377 e. The summed E-state index contributed by atoms with van der Waals surface area (Å²) in [6.07, 6.45) is 1.45. The van der Waals surface area contributed by atoms with Crippen LogP contribution in [0.15, 0.2) is 0 Å². The summed E-state index contributed by atoms with van der Waals surface area (Å²) in [4.78, 5) is 10.1. The average molecular weight is 207 g/mol. The summed E-state index contributed by atoms with van der Waals surface area (Å²) >= 11 is 0. The van der Waals surface area contributed by atoms with Gasteiger partial charge >= 0.3 is 8.80 Å². The molecule has 0 fully saturated rings. The van der Waals surface area contributed by atoms with Crippen molar-refractivity contribution in [3.8, 4) is 0 Å². The highest BCUT2D eigenvalue weighted by Crippen LogP contribution is 2.14. The maximum absolute atomic E-state index is 10.1. The number of nitrogens with two attached hydrogens (primary N) is 1. The fourth-order valence-corrected chi connectivity index (χ4v) is 2.87. The smallest absolute Gasteiger partial charge is 0.377 e. The van der Waals surface area contributed by atoms with Crippen molar-refractivity contribution in [1.29, 1.82) is 0 Å². The van der Waals surface area contributed by atoms with Crippen LogP contribution < -0.4 is 5.73 Å². The van der Waals surface area contributed by atoms with E-state index in [-0.39, 0.29) is 6.61 Å². The van der Waals surface area contributed by atoms with Crippen molar-refractivity contribution in [2.45, 2.75) is 12.5 Å². The Morgan fingerprint density at radius 3 is 2.38 bits per heavy atom. The molecule has 0 rings (SSSR count). The van der Waals surface area contributed by atoms with Gasteiger partial charge in [0.05, 0.1) is 6.61 Å². The van der Waals surface area contributed by atoms with Crippen molar-refractivity contribution in [2.75, 3.05) is 27.4 Å². The average Bonchev–Trinajstić information content (AvgIpc) is 2.20. The predicted octanol–water partition coefficient (Wildman–Crippen LogP) is -0.218. The fraction of sp³-hybridized carbons (Fsp3) is 0.857. The first kappa shape index (κ1) is 12.7. The van der Waals surface area contributed by atoms with Gasteiger partial charge in [-0.1, -0.05) is 0 Å². The summed E-state index contributed by atoms with van der Waals surface area (Å²) in [6, 6.07) is 0.643. The Morgan fingerprint density at radius 1 is 1.38 bits per heavy atom. The molecule has 0 atom stereocenters. The molecule has 0 amide bonds. The number of rotatable bonds is 8. The van der Waals surface area contributed by atoms with Crippen LogP contribution in [-0.4, -0.2) is 42.5 Å². The second-order valence-electron chi connectivity index (χ2n) is 2.46. The summed E-state index contributed by atoms with van der Waals surface area (Å²) < 4.78 is 15.6. The first-order chi connectivity index (χ1) is 6.24. The van der Waals surface area contributed by atoms with Crippen LogP contribution in [0.3, 0.4) is 0 Å². The molecule has 0 aliphatic heterocycles. The molecule has 6 heteroatoms. The minimum absolute atomic E-state index is 0.0124. The fourth-order valence-electron chi connectivity index (χ4n) is 0.957. The molecule has 0 saturated carbocycles. The standard InChI is InChI=1S/C7H17NO4Si/c1-10-13(11-2,7-3-4-8)12-6-5-9/h5H,3-4,6-8H2,1-2H3. The Bertz CT molecular complexity index is 140. The molecule has 0 aromatic rings. The Kier molecular flexibility index (Phi) is 7.01. The zero-order valence-electron chi connectivity index (χ0n) is 8.12. The van der Waals surface area contributed by atoms with Crippen LogP contribution in [0, 0.1) is 0 Å². The van der Waals surface area contributed by atoms with Crippen molar-refractivity contribution in [3.05, 3.63) is 0 Å². The van der Waals surface area contributed by atoms with E-state index in [0.717, 1.165) is 6.42 Å². The SMILES string of the molecule is CO[Si](CCCN)(OC)OCC=O. The molecule has 0 unspecified atom stereocenters. The van der Waals surface area contributed by atoms with E-state index in [1.165, 1.54) is 14.2 Å². The molecular formula is C7H17NO4Si. The van der Waals surface area contributed by atoms with Crippen LogP contribution in [0.2, 0.25) is 6.04 Å². The number of hydrogen-bond acceptors (Lipinski definition) is 5. The normalized spacial score (nSPS) is 11.6. The Balaban J connectivity index is 4.04. The maximum Gasteiger partial charge on any atom is 0.500 e. The van der Waals surface area contributed by atoms with Gasteiger partial charge in [0.1, 0.15) is 6.29 Å². The second-order valence-corrected chi connectivity index (χ2v) is 5.43. The lowest BCUT2D eigenvalue weighted by Crippen LogP contribution is -2.44. The minimum atomic E-state index is -2.60. The molecule has 0 bridgehead atoms. The number of carbonyl (C=O) groups excluding carboxylic acids is 1. The lowest BCUT2D eigenvalue weighted by atomic mass is 10.5. The zero-order valence-corrected chi connectivity index (χ0v) is 9.12. The molecule has 0 aromatic heterocycles. The third-order valence-electron chi connectivity index (χ3n) is 1.68. The van der Waals surface area contributed by atoms with Crippen molar-refractivity contribution in [1.82, 2.24) is 0 Å². The number of carbonyl (C=O) groups is 1. The molecule has 0 aliphatic carbocycles. The van der Waals surface area contributed by atoms with Crippen molar-refractivity contribution >= 4 is 15.1 Å². The highest BCUT2D eigenvalue weighted by Gasteiger charge is 2.37. The van der Waals surface area contributed by atoms with Gasteiger partial charge in [0.2, 0.25) is 0 Å². The first-order valence-electron chi connectivity index (χ1n) is 4.12. The molecule has 0 saturated heterocycles. The van der Waals surface area contributed by atoms with Gasteiger partial charge in [0.25, 0.3) is 0 Å². The summed E-state index contributed by atoms with van der Waals surface area (Å²) in [5.41, 5.74) is 5.36. The molecular weight excluding hydrogens is 190 g/mol. The molecule has 0 radical (unpaired) electrons. The third kappa shape index (κ3) is 4.49. The molecule has 0 spiro atoms. The highest BCUT2D eigenvalue weighted by atomic mass is 28.4. The molecule has 0 aromatic carbocycles. The highest BCUT2D eigenvalue weighted by molar-refractivity contribution is 6.60. The van der Waals surface area contributed by atoms with E-state index >= 15 is 0 Å². The van der Waals surface area contributed by atoms with Gasteiger partial charge in [0.15, 0.2) is 0 Å². The van der Waals surface area contributed by atoms with Crippen LogP contribution in [0.5, 0.6) is 0 Å². The second kappa shape index (κ2) is 7.16. The Hall–Kier alpha value is -0.273. The quantitative estimate of drug-likeness (QED) is 0.440. The summed E-state index contributed by atoms with van der Waals surface area (Å²) in [5.74, 6) is 0. The van der Waals surface area contributed by atoms with Gasteiger partial charge in [-0.15, -0.1) is 0 Å². The molecule has 5 nitrogen and oxygen atoms in total. The van der Waals surface area contributed by atoms with Gasteiger partial charge in [-0.3, -0.25) is 0 Å². The monoisotopic (exact) mass is 207 g/mol. The lowest BCUT2D eigenvalue weighted by molar-refractivity contribution is -0.110. The molecule has 0 aliphatic rings. The van der Waals surface area contributed by atoms with Gasteiger partial charge in [0, 0.05) is 20.3 Å². The van der Waals surface area contributed by atoms with Crippen LogP contribution in [0.4, 0.5) is 0 Å². The first-order valence-corrected chi connectivity index (χ1v) is 6.06. The van der Waals surface area contributed by atoms with Crippen LogP contribution in [-0.2, 0) is 18.1 Å². The van der Waals surface area contributed by atoms with Crippen molar-refractivity contribution in [3.63, 3.8) is 0 Å². The lowest BCUT2D eigenvalue weighted by Gasteiger charge is -2.25. The van der Waals surface area contributed by atoms with Crippen LogP contribution in [0.25, 0.3) is 0 Å². The van der Waals surface area contributed by atoms with E-state index in [4.69, 9.17) is 19.0 Å². The number of aldehydes is 1. The zero-order chi connectivity index (χ0) is 10.2. The van der Waals surface area contributed by atoms with Gasteiger partial charge in [-0.2, -0.15) is 0 Å². The van der Waals surface area contributed by atoms with E-state index in [2.05, 4.69) is 0 Å². The number of hydrogen-bond donors (Lipinski definition) is 1. The van der Waals surface area contributed by atoms with E-state index in [1.54, 1.807) is 0 Å². The van der Waals surface area contributed by atoms with Gasteiger partial charge < -0.3 is 23.8 Å². The van der Waals surface area contributed by atoms with Gasteiger partial charge in [-0.05, 0) is 13.0 Å². The van der Waals surface area contributed by atoms with Crippen molar-refractivity contribution < 1.29 is 18.1 Å². The van der Waals surface area contributed by atoms with E-state index < -0.39 is 8.80 Å². The molecule has 2 N–H and O–H groups in total. The predicted molar refractivity (Wildman–Crippen MR) is 50.3 cm³/mol. The van der Waals surface area contributed by atoms with Crippen LogP contribution in [0.1, 0.15) is 6.42 Å². The molecule has 0 heterocycles. The largest absolute Gasteiger partial charge is 0.500 e. The van der Waals surface area contributed by atoms with Crippen LogP contribution >= 0.6 is 0 Å². The van der Waals surface area contributed by atoms with Crippen molar-refractivity contribution in [2.24, 2.45) is 5.73 Å².